The van der Waals surface area contributed by atoms with Crippen molar-refractivity contribution in [2.75, 3.05) is 18.0 Å². The second-order valence-corrected chi connectivity index (χ2v) is 6.87. The highest BCUT2D eigenvalue weighted by Gasteiger charge is 2.42. The number of carboxylic acid groups (broad SMARTS) is 1. The zero-order valence-electron chi connectivity index (χ0n) is 14.6. The number of carbonyl (C=O) groups is 2. The molecule has 0 saturated carbocycles. The van der Waals surface area contributed by atoms with E-state index >= 15 is 0 Å². The molecule has 1 aromatic carbocycles. The number of fused-ring (bicyclic) bond motifs is 1. The van der Waals surface area contributed by atoms with Crippen molar-refractivity contribution in [3.8, 4) is 17.2 Å². The summed E-state index contributed by atoms with van der Waals surface area (Å²) in [6.07, 6.45) is 3.12. The van der Waals surface area contributed by atoms with Crippen LogP contribution in [0.4, 0.5) is 10.5 Å². The Bertz CT molecular complexity index is 923. The molecule has 2 amide bonds. The molecule has 2 aliphatic heterocycles. The average Bonchev–Trinajstić information content (AvgIpc) is 3.04. The number of hydrogen-bond donors (Lipinski definition) is 1. The largest absolute Gasteiger partial charge is 0.478 e. The number of carbonyl (C=O) groups excluding carboxylic acids is 1. The SMILES string of the molecule is N#CB1CCN2C(=O)N(c3ccc(-c4ccc(C(=O)O)cc4)nc3)CC2C1. The number of aromatic carboxylic acids is 1. The molecule has 1 unspecified atom stereocenters. The van der Waals surface area contributed by atoms with E-state index in [1.807, 2.05) is 17.0 Å². The Morgan fingerprint density at radius 2 is 2.04 bits per heavy atom. The van der Waals surface area contributed by atoms with Crippen LogP contribution in [0.2, 0.25) is 12.6 Å². The fourth-order valence-corrected chi connectivity index (χ4v) is 3.75. The van der Waals surface area contributed by atoms with Gasteiger partial charge in [-0.2, -0.15) is 0 Å². The summed E-state index contributed by atoms with van der Waals surface area (Å²) in [7, 11) is 0. The zero-order chi connectivity index (χ0) is 19.0. The van der Waals surface area contributed by atoms with E-state index in [1.54, 1.807) is 35.4 Å². The lowest BCUT2D eigenvalue weighted by molar-refractivity contribution is 0.0697. The van der Waals surface area contributed by atoms with E-state index in [2.05, 4.69) is 11.0 Å². The zero-order valence-corrected chi connectivity index (χ0v) is 14.6. The van der Waals surface area contributed by atoms with Gasteiger partial charge in [-0.15, -0.1) is 0 Å². The molecule has 0 bridgehead atoms. The van der Waals surface area contributed by atoms with E-state index in [-0.39, 0.29) is 24.3 Å². The van der Waals surface area contributed by atoms with Gasteiger partial charge in [-0.1, -0.05) is 12.1 Å². The highest BCUT2D eigenvalue weighted by atomic mass is 16.4. The van der Waals surface area contributed by atoms with Crippen LogP contribution in [-0.2, 0) is 0 Å². The van der Waals surface area contributed by atoms with Crippen molar-refractivity contribution in [2.24, 2.45) is 0 Å². The van der Waals surface area contributed by atoms with Gasteiger partial charge in [0.15, 0.2) is 0 Å². The Balaban J connectivity index is 1.52. The van der Waals surface area contributed by atoms with Gasteiger partial charge in [-0.3, -0.25) is 9.88 Å². The number of urea groups is 1. The molecule has 8 heteroatoms. The third kappa shape index (κ3) is 3.12. The maximum atomic E-state index is 12.7. The van der Waals surface area contributed by atoms with E-state index in [4.69, 9.17) is 10.4 Å². The number of carboxylic acids is 1. The molecule has 3 heterocycles. The molecule has 134 valence electrons. The normalized spacial score (nSPS) is 19.0. The third-order valence-corrected chi connectivity index (χ3v) is 5.26. The molecule has 1 atom stereocenters. The van der Waals surface area contributed by atoms with Gasteiger partial charge in [-0.05, 0) is 36.9 Å². The number of benzene rings is 1. The Labute approximate surface area is 156 Å². The number of aromatic nitrogens is 1. The summed E-state index contributed by atoms with van der Waals surface area (Å²) in [5.41, 5.74) is 2.48. The molecule has 2 fully saturated rings. The topological polar surface area (TPSA) is 97.5 Å². The second kappa shape index (κ2) is 6.76. The Kier molecular flexibility index (Phi) is 4.28. The van der Waals surface area contributed by atoms with E-state index in [0.717, 1.165) is 23.9 Å². The molecule has 0 spiro atoms. The molecule has 2 aliphatic rings. The minimum absolute atomic E-state index is 0.0216. The molecule has 7 nitrogen and oxygen atoms in total. The lowest BCUT2D eigenvalue weighted by atomic mass is 9.44. The first-order valence-corrected chi connectivity index (χ1v) is 8.84. The Morgan fingerprint density at radius 1 is 1.26 bits per heavy atom. The van der Waals surface area contributed by atoms with Gasteiger partial charge >= 0.3 is 12.0 Å². The fourth-order valence-electron chi connectivity index (χ4n) is 3.75. The fraction of sp³-hybridized carbons (Fsp3) is 0.263. The van der Waals surface area contributed by atoms with Crippen LogP contribution in [0.5, 0.6) is 0 Å². The molecule has 0 radical (unpaired) electrons. The summed E-state index contributed by atoms with van der Waals surface area (Å²) in [4.78, 5) is 31.6. The van der Waals surface area contributed by atoms with Crippen LogP contribution in [0.25, 0.3) is 11.3 Å². The van der Waals surface area contributed by atoms with Crippen LogP contribution in [0, 0.1) is 11.2 Å². The van der Waals surface area contributed by atoms with Gasteiger partial charge in [0.05, 0.1) is 23.1 Å². The van der Waals surface area contributed by atoms with E-state index in [1.165, 1.54) is 0 Å². The maximum absolute atomic E-state index is 12.7. The van der Waals surface area contributed by atoms with Crippen LogP contribution in [0.15, 0.2) is 42.6 Å². The highest BCUT2D eigenvalue weighted by molar-refractivity contribution is 6.67. The summed E-state index contributed by atoms with van der Waals surface area (Å²) in [5, 5.41) is 18.1. The molecule has 1 aromatic heterocycles. The number of rotatable bonds is 3. The summed E-state index contributed by atoms with van der Waals surface area (Å²) in [6, 6.07) is 10.3. The first-order chi connectivity index (χ1) is 13.1. The quantitative estimate of drug-likeness (QED) is 0.849. The van der Waals surface area contributed by atoms with Crippen molar-refractivity contribution in [1.29, 1.82) is 5.26 Å². The third-order valence-electron chi connectivity index (χ3n) is 5.26. The minimum Gasteiger partial charge on any atom is -0.478 e. The van der Waals surface area contributed by atoms with E-state index in [9.17, 15) is 9.59 Å². The highest BCUT2D eigenvalue weighted by Crippen LogP contribution is 2.30. The second-order valence-electron chi connectivity index (χ2n) is 6.87. The molecule has 27 heavy (non-hydrogen) atoms. The van der Waals surface area contributed by atoms with Crippen molar-refractivity contribution in [3.05, 3.63) is 48.2 Å². The van der Waals surface area contributed by atoms with E-state index in [0.29, 0.717) is 18.8 Å². The summed E-state index contributed by atoms with van der Waals surface area (Å²) < 4.78 is 0. The van der Waals surface area contributed by atoms with Crippen molar-refractivity contribution < 1.29 is 14.7 Å². The van der Waals surface area contributed by atoms with Gasteiger partial charge in [0.25, 0.3) is 6.71 Å². The van der Waals surface area contributed by atoms with Gasteiger partial charge < -0.3 is 10.0 Å². The number of pyridine rings is 1. The molecule has 0 aliphatic carbocycles. The van der Waals surface area contributed by atoms with Crippen LogP contribution in [-0.4, -0.2) is 52.8 Å². The number of anilines is 1. The van der Waals surface area contributed by atoms with Gasteiger partial charge in [0, 0.05) is 30.7 Å². The van der Waals surface area contributed by atoms with Gasteiger partial charge in [-0.25, -0.2) is 14.9 Å². The van der Waals surface area contributed by atoms with Crippen molar-refractivity contribution >= 4 is 24.4 Å². The monoisotopic (exact) mass is 360 g/mol. The smallest absolute Gasteiger partial charge is 0.335 e. The van der Waals surface area contributed by atoms with Crippen molar-refractivity contribution in [2.45, 2.75) is 18.7 Å². The number of hydrogen-bond acceptors (Lipinski definition) is 4. The molecule has 1 N–H and O–H groups in total. The predicted molar refractivity (Wildman–Crippen MR) is 101 cm³/mol. The van der Waals surface area contributed by atoms with Crippen molar-refractivity contribution in [3.63, 3.8) is 0 Å². The van der Waals surface area contributed by atoms with Gasteiger partial charge in [0.2, 0.25) is 0 Å². The molecular weight excluding hydrogens is 343 g/mol. The van der Waals surface area contributed by atoms with Gasteiger partial charge in [0.1, 0.15) is 0 Å². The Hall–Kier alpha value is -3.34. The standard InChI is InChI=1S/C19H17BN4O3/c21-12-20-7-8-23-16(9-20)11-24(19(23)27)15-5-6-17(22-10-15)13-1-3-14(4-2-13)18(25)26/h1-6,10,16H,7-9,11H2,(H,25,26). The Morgan fingerprint density at radius 3 is 2.67 bits per heavy atom. The molecular formula is C19H17BN4O3. The van der Waals surface area contributed by atoms with E-state index < -0.39 is 5.97 Å². The number of nitrogens with zero attached hydrogens (tertiary/aromatic N) is 4. The summed E-state index contributed by atoms with van der Waals surface area (Å²) >= 11 is 0. The lowest BCUT2D eigenvalue weighted by Gasteiger charge is -2.28. The van der Waals surface area contributed by atoms with Crippen LogP contribution < -0.4 is 4.90 Å². The van der Waals surface area contributed by atoms with Crippen LogP contribution in [0.1, 0.15) is 10.4 Å². The molecule has 4 rings (SSSR count). The minimum atomic E-state index is -0.965. The maximum Gasteiger partial charge on any atom is 0.335 e. The first-order valence-electron chi connectivity index (χ1n) is 8.84. The number of amides is 2. The van der Waals surface area contributed by atoms with Crippen LogP contribution in [0.3, 0.4) is 0 Å². The molecule has 2 aromatic rings. The van der Waals surface area contributed by atoms with Crippen LogP contribution >= 0.6 is 0 Å². The summed E-state index contributed by atoms with van der Waals surface area (Å²) in [6.45, 7) is 1.22. The number of nitriles is 1. The predicted octanol–water partition coefficient (Wildman–Crippen LogP) is 2.63. The average molecular weight is 360 g/mol. The van der Waals surface area contributed by atoms with Crippen molar-refractivity contribution in [1.82, 2.24) is 9.88 Å². The summed E-state index contributed by atoms with van der Waals surface area (Å²) in [5.74, 6) is 1.35. The molecule has 2 saturated heterocycles. The lowest BCUT2D eigenvalue weighted by Crippen LogP contribution is -2.43. The first kappa shape index (κ1) is 17.1.